The molecule has 3 rings (SSSR count). The minimum Gasteiger partial charge on any atom is -0.378 e. The fourth-order valence-corrected chi connectivity index (χ4v) is 2.67. The monoisotopic (exact) mass is 346 g/mol. The van der Waals surface area contributed by atoms with Gasteiger partial charge in [-0.3, -0.25) is 19.3 Å². The predicted molar refractivity (Wildman–Crippen MR) is 88.0 cm³/mol. The van der Waals surface area contributed by atoms with E-state index in [4.69, 9.17) is 4.74 Å². The number of amides is 5. The molecule has 132 valence electrons. The van der Waals surface area contributed by atoms with Crippen molar-refractivity contribution < 1.29 is 23.9 Å². The van der Waals surface area contributed by atoms with E-state index in [1.54, 1.807) is 12.1 Å². The fraction of sp³-hybridized carbons (Fsp3) is 0.375. The second kappa shape index (κ2) is 6.89. The Morgan fingerprint density at radius 1 is 1.08 bits per heavy atom. The van der Waals surface area contributed by atoms with Gasteiger partial charge in [-0.2, -0.15) is 0 Å². The van der Waals surface area contributed by atoms with Crippen LogP contribution in [0.15, 0.2) is 24.3 Å². The summed E-state index contributed by atoms with van der Waals surface area (Å²) in [7, 11) is 1.20. The first-order valence-electron chi connectivity index (χ1n) is 7.83. The molecule has 5 amide bonds. The normalized spacial score (nSPS) is 18.1. The van der Waals surface area contributed by atoms with Crippen LogP contribution in [-0.2, 0) is 19.1 Å². The van der Waals surface area contributed by atoms with E-state index in [9.17, 15) is 19.2 Å². The Balaban J connectivity index is 1.59. The van der Waals surface area contributed by atoms with Crippen molar-refractivity contribution in [1.29, 1.82) is 0 Å². The maximum Gasteiger partial charge on any atom is 0.334 e. The van der Waals surface area contributed by atoms with Crippen LogP contribution in [0.1, 0.15) is 0 Å². The van der Waals surface area contributed by atoms with Crippen molar-refractivity contribution in [2.45, 2.75) is 0 Å². The molecule has 0 aliphatic carbocycles. The highest BCUT2D eigenvalue weighted by molar-refractivity contribution is 6.44. The molecule has 2 aliphatic heterocycles. The van der Waals surface area contributed by atoms with Crippen molar-refractivity contribution in [2.75, 3.05) is 50.1 Å². The Bertz CT molecular complexity index is 712. The van der Waals surface area contributed by atoms with Crippen LogP contribution in [0.4, 0.5) is 16.2 Å². The highest BCUT2D eigenvalue weighted by Crippen LogP contribution is 2.19. The Morgan fingerprint density at radius 3 is 2.28 bits per heavy atom. The molecule has 0 unspecified atom stereocenters. The number of imide groups is 2. The van der Waals surface area contributed by atoms with Crippen LogP contribution >= 0.6 is 0 Å². The van der Waals surface area contributed by atoms with Gasteiger partial charge in [0.1, 0.15) is 6.54 Å². The Labute approximate surface area is 144 Å². The molecule has 2 aliphatic rings. The first kappa shape index (κ1) is 16.9. The van der Waals surface area contributed by atoms with Gasteiger partial charge < -0.3 is 15.0 Å². The number of benzene rings is 1. The van der Waals surface area contributed by atoms with Crippen molar-refractivity contribution in [2.24, 2.45) is 0 Å². The summed E-state index contributed by atoms with van der Waals surface area (Å²) in [6.07, 6.45) is 0. The molecule has 0 atom stereocenters. The van der Waals surface area contributed by atoms with Crippen LogP contribution in [-0.4, -0.2) is 73.4 Å². The number of ether oxygens (including phenoxy) is 1. The fourth-order valence-electron chi connectivity index (χ4n) is 2.67. The van der Waals surface area contributed by atoms with Crippen molar-refractivity contribution >= 4 is 35.1 Å². The summed E-state index contributed by atoms with van der Waals surface area (Å²) < 4.78 is 5.31. The van der Waals surface area contributed by atoms with Crippen molar-refractivity contribution in [3.8, 4) is 0 Å². The summed E-state index contributed by atoms with van der Waals surface area (Å²) in [5.41, 5.74) is 1.57. The minimum absolute atomic E-state index is 0.501. The van der Waals surface area contributed by atoms with Crippen LogP contribution in [0, 0.1) is 0 Å². The summed E-state index contributed by atoms with van der Waals surface area (Å²) in [5.74, 6) is -2.48. The van der Waals surface area contributed by atoms with Crippen LogP contribution in [0.2, 0.25) is 0 Å². The lowest BCUT2D eigenvalue weighted by Gasteiger charge is -2.28. The van der Waals surface area contributed by atoms with Gasteiger partial charge in [0.25, 0.3) is 0 Å². The Morgan fingerprint density at radius 2 is 1.72 bits per heavy atom. The number of morpholine rings is 1. The molecule has 0 radical (unpaired) electrons. The highest BCUT2D eigenvalue weighted by Gasteiger charge is 2.42. The average Bonchev–Trinajstić information content (AvgIpc) is 2.81. The van der Waals surface area contributed by atoms with Crippen LogP contribution in [0.5, 0.6) is 0 Å². The number of nitrogens with one attached hydrogen (secondary N) is 1. The Hall–Kier alpha value is -2.94. The topological polar surface area (TPSA) is 99.3 Å². The first-order chi connectivity index (χ1) is 12.0. The molecule has 1 aromatic rings. The van der Waals surface area contributed by atoms with Gasteiger partial charge in [-0.15, -0.1) is 0 Å². The number of likely N-dealkylation sites (N-methyl/N-ethyl adjacent to an activating group) is 1. The summed E-state index contributed by atoms with van der Waals surface area (Å²) in [6.45, 7) is 2.49. The van der Waals surface area contributed by atoms with Gasteiger partial charge >= 0.3 is 17.8 Å². The van der Waals surface area contributed by atoms with Crippen LogP contribution in [0.3, 0.4) is 0 Å². The van der Waals surface area contributed by atoms with Gasteiger partial charge in [-0.05, 0) is 24.3 Å². The first-order valence-corrected chi connectivity index (χ1v) is 7.83. The molecule has 0 aromatic heterocycles. The molecular formula is C16H18N4O5. The van der Waals surface area contributed by atoms with E-state index in [1.807, 2.05) is 12.1 Å². The summed E-state index contributed by atoms with van der Waals surface area (Å²) in [4.78, 5) is 50.4. The van der Waals surface area contributed by atoms with Crippen molar-refractivity contribution in [3.05, 3.63) is 24.3 Å². The molecule has 2 saturated heterocycles. The van der Waals surface area contributed by atoms with Gasteiger partial charge in [0, 0.05) is 31.5 Å². The third-order valence-electron chi connectivity index (χ3n) is 4.08. The number of rotatable bonds is 4. The third kappa shape index (κ3) is 3.45. The average molecular weight is 346 g/mol. The quantitative estimate of drug-likeness (QED) is 0.603. The molecular weight excluding hydrogens is 328 g/mol. The summed E-state index contributed by atoms with van der Waals surface area (Å²) >= 11 is 0. The third-order valence-corrected chi connectivity index (χ3v) is 4.08. The smallest absolute Gasteiger partial charge is 0.334 e. The number of anilines is 2. The van der Waals surface area contributed by atoms with E-state index in [-0.39, 0.29) is 0 Å². The van der Waals surface area contributed by atoms with E-state index >= 15 is 0 Å². The maximum atomic E-state index is 12.0. The zero-order chi connectivity index (χ0) is 18.0. The van der Waals surface area contributed by atoms with E-state index in [1.165, 1.54) is 7.05 Å². The second-order valence-corrected chi connectivity index (χ2v) is 5.73. The van der Waals surface area contributed by atoms with E-state index in [2.05, 4.69) is 10.2 Å². The van der Waals surface area contributed by atoms with E-state index in [0.717, 1.165) is 18.8 Å². The minimum atomic E-state index is -0.995. The second-order valence-electron chi connectivity index (χ2n) is 5.73. The molecule has 25 heavy (non-hydrogen) atoms. The van der Waals surface area contributed by atoms with Gasteiger partial charge in [-0.25, -0.2) is 9.69 Å². The molecule has 1 N–H and O–H groups in total. The Kier molecular flexibility index (Phi) is 4.66. The number of carbonyl (C=O) groups is 4. The van der Waals surface area contributed by atoms with E-state index in [0.29, 0.717) is 28.7 Å². The van der Waals surface area contributed by atoms with Gasteiger partial charge in [0.2, 0.25) is 5.91 Å². The lowest BCUT2D eigenvalue weighted by Crippen LogP contribution is -2.38. The molecule has 2 fully saturated rings. The summed E-state index contributed by atoms with van der Waals surface area (Å²) in [6, 6.07) is 6.45. The highest BCUT2D eigenvalue weighted by atomic mass is 16.5. The van der Waals surface area contributed by atoms with E-state index < -0.39 is 30.3 Å². The lowest BCUT2D eigenvalue weighted by atomic mass is 10.2. The number of hydrogen-bond donors (Lipinski definition) is 1. The molecule has 2 heterocycles. The van der Waals surface area contributed by atoms with Gasteiger partial charge in [0.15, 0.2) is 0 Å². The van der Waals surface area contributed by atoms with Crippen LogP contribution in [0.25, 0.3) is 0 Å². The lowest BCUT2D eigenvalue weighted by molar-refractivity contribution is -0.143. The molecule has 0 bridgehead atoms. The SMILES string of the molecule is CN1C(=O)C(=O)N(CC(=O)Nc2ccc(N3CCOCC3)cc2)C1=O. The maximum absolute atomic E-state index is 12.0. The number of hydrogen-bond acceptors (Lipinski definition) is 6. The number of urea groups is 1. The molecule has 9 heteroatoms. The predicted octanol–water partition coefficient (Wildman–Crippen LogP) is -0.118. The van der Waals surface area contributed by atoms with Gasteiger partial charge in [-0.1, -0.05) is 0 Å². The van der Waals surface area contributed by atoms with Crippen molar-refractivity contribution in [1.82, 2.24) is 9.80 Å². The van der Waals surface area contributed by atoms with Crippen molar-refractivity contribution in [3.63, 3.8) is 0 Å². The standard InChI is InChI=1S/C16H18N4O5/c1-18-14(22)15(23)20(16(18)24)10-13(21)17-11-2-4-12(5-3-11)19-6-8-25-9-7-19/h2-5H,6-10H2,1H3,(H,17,21). The molecule has 9 nitrogen and oxygen atoms in total. The largest absolute Gasteiger partial charge is 0.378 e. The van der Waals surface area contributed by atoms with Crippen LogP contribution < -0.4 is 10.2 Å². The number of nitrogens with zero attached hydrogens (tertiary/aromatic N) is 3. The zero-order valence-electron chi connectivity index (χ0n) is 13.7. The number of carbonyl (C=O) groups excluding carboxylic acids is 4. The summed E-state index contributed by atoms with van der Waals surface area (Å²) in [5, 5.41) is 2.61. The molecule has 0 saturated carbocycles. The zero-order valence-corrected chi connectivity index (χ0v) is 13.7. The van der Waals surface area contributed by atoms with Gasteiger partial charge in [0.05, 0.1) is 13.2 Å². The molecule has 0 spiro atoms. The molecule has 1 aromatic carbocycles.